The number of hydrogen-bond acceptors (Lipinski definition) is 6. The summed E-state index contributed by atoms with van der Waals surface area (Å²) in [6.45, 7) is 2.44. The van der Waals surface area contributed by atoms with E-state index < -0.39 is 11.2 Å². The van der Waals surface area contributed by atoms with E-state index >= 15 is 0 Å². The van der Waals surface area contributed by atoms with Gasteiger partial charge in [-0.15, -0.1) is 10.2 Å². The molecule has 2 heterocycles. The summed E-state index contributed by atoms with van der Waals surface area (Å²) >= 11 is 1.25. The number of amides is 2. The van der Waals surface area contributed by atoms with Crippen molar-refractivity contribution >= 4 is 23.6 Å². The summed E-state index contributed by atoms with van der Waals surface area (Å²) < 4.78 is 20.2. The van der Waals surface area contributed by atoms with Crippen molar-refractivity contribution in [2.24, 2.45) is 5.73 Å². The lowest BCUT2D eigenvalue weighted by Crippen LogP contribution is -2.30. The van der Waals surface area contributed by atoms with E-state index in [1.165, 1.54) is 23.9 Å². The topological polar surface area (TPSA) is 116 Å². The van der Waals surface area contributed by atoms with Crippen LogP contribution in [0.1, 0.15) is 30.5 Å². The minimum atomic E-state index is -0.450. The Balaban J connectivity index is 1.66. The van der Waals surface area contributed by atoms with Gasteiger partial charge in [0.2, 0.25) is 11.8 Å². The van der Waals surface area contributed by atoms with Gasteiger partial charge in [-0.2, -0.15) is 0 Å². The van der Waals surface area contributed by atoms with Crippen LogP contribution in [0.3, 0.4) is 0 Å². The first-order chi connectivity index (χ1) is 14.4. The maximum atomic E-state index is 13.0. The molecular formula is C20H22FN5O3S. The molecule has 8 nitrogen and oxygen atoms in total. The van der Waals surface area contributed by atoms with Crippen molar-refractivity contribution in [3.05, 3.63) is 65.6 Å². The Morgan fingerprint density at radius 1 is 1.27 bits per heavy atom. The number of carbonyl (C=O) groups excluding carboxylic acids is 2. The van der Waals surface area contributed by atoms with Gasteiger partial charge >= 0.3 is 0 Å². The van der Waals surface area contributed by atoms with E-state index in [0.717, 1.165) is 5.56 Å². The van der Waals surface area contributed by atoms with E-state index in [9.17, 15) is 14.0 Å². The number of halogens is 1. The van der Waals surface area contributed by atoms with Crippen LogP contribution >= 0.6 is 11.8 Å². The number of nitrogens with two attached hydrogens (primary N) is 1. The summed E-state index contributed by atoms with van der Waals surface area (Å²) in [5.74, 6) is 0.356. The molecule has 158 valence electrons. The van der Waals surface area contributed by atoms with Crippen LogP contribution in [0.2, 0.25) is 0 Å². The summed E-state index contributed by atoms with van der Waals surface area (Å²) in [6, 6.07) is 9.55. The number of nitrogens with one attached hydrogen (secondary N) is 1. The van der Waals surface area contributed by atoms with Gasteiger partial charge < -0.3 is 15.5 Å². The number of thioether (sulfide) groups is 1. The lowest BCUT2D eigenvalue weighted by atomic mass is 10.2. The van der Waals surface area contributed by atoms with Crippen molar-refractivity contribution < 1.29 is 18.4 Å². The molecule has 1 unspecified atom stereocenters. The Labute approximate surface area is 177 Å². The van der Waals surface area contributed by atoms with E-state index in [1.54, 1.807) is 31.4 Å². The van der Waals surface area contributed by atoms with Crippen molar-refractivity contribution in [2.75, 3.05) is 0 Å². The fraction of sp³-hybridized carbons (Fsp3) is 0.300. The quantitative estimate of drug-likeness (QED) is 0.476. The molecule has 0 fully saturated rings. The molecule has 0 aliphatic rings. The number of rotatable bonds is 10. The molecule has 0 bridgehead atoms. The van der Waals surface area contributed by atoms with Crippen molar-refractivity contribution in [3.63, 3.8) is 0 Å². The van der Waals surface area contributed by atoms with Crippen LogP contribution in [-0.4, -0.2) is 31.8 Å². The Bertz CT molecular complexity index is 989. The molecular weight excluding hydrogens is 409 g/mol. The van der Waals surface area contributed by atoms with Gasteiger partial charge in [-0.3, -0.25) is 14.2 Å². The third-order valence-electron chi connectivity index (χ3n) is 4.31. The third kappa shape index (κ3) is 5.93. The standard InChI is InChI=1S/C20H22FN5O3S/c1-13(19(28)23-11-14-4-6-15(21)7-5-14)30-20-25-24-18(9-8-17(22)27)26(20)12-16-3-2-10-29-16/h2-7,10,13H,8-9,11-12H2,1H3,(H2,22,27)(H,23,28). The number of carbonyl (C=O) groups is 2. The van der Waals surface area contributed by atoms with Crippen molar-refractivity contribution in [2.45, 2.75) is 43.3 Å². The average molecular weight is 431 g/mol. The highest BCUT2D eigenvalue weighted by molar-refractivity contribution is 8.00. The number of benzene rings is 1. The van der Waals surface area contributed by atoms with E-state index in [1.807, 2.05) is 10.6 Å². The highest BCUT2D eigenvalue weighted by Crippen LogP contribution is 2.24. The van der Waals surface area contributed by atoms with E-state index in [2.05, 4.69) is 15.5 Å². The summed E-state index contributed by atoms with van der Waals surface area (Å²) in [5.41, 5.74) is 6.05. The van der Waals surface area contributed by atoms with Gasteiger partial charge in [0, 0.05) is 19.4 Å². The van der Waals surface area contributed by atoms with E-state index in [0.29, 0.717) is 36.3 Å². The van der Waals surface area contributed by atoms with Crippen LogP contribution in [0.5, 0.6) is 0 Å². The summed E-state index contributed by atoms with van der Waals surface area (Å²) in [5, 5.41) is 11.3. The fourth-order valence-electron chi connectivity index (χ4n) is 2.69. The van der Waals surface area contributed by atoms with Crippen molar-refractivity contribution in [1.82, 2.24) is 20.1 Å². The predicted octanol–water partition coefficient (Wildman–Crippen LogP) is 2.27. The Morgan fingerprint density at radius 3 is 2.70 bits per heavy atom. The molecule has 1 atom stereocenters. The van der Waals surface area contributed by atoms with Gasteiger partial charge in [0.1, 0.15) is 17.4 Å². The minimum Gasteiger partial charge on any atom is -0.467 e. The normalized spacial score (nSPS) is 11.9. The van der Waals surface area contributed by atoms with Gasteiger partial charge in [0.05, 0.1) is 18.1 Å². The molecule has 0 spiro atoms. The highest BCUT2D eigenvalue weighted by atomic mass is 32.2. The Kier molecular flexibility index (Phi) is 7.23. The minimum absolute atomic E-state index is 0.147. The first kappa shape index (κ1) is 21.6. The molecule has 3 N–H and O–H groups in total. The zero-order valence-corrected chi connectivity index (χ0v) is 17.2. The van der Waals surface area contributed by atoms with Crippen LogP contribution in [0.25, 0.3) is 0 Å². The van der Waals surface area contributed by atoms with Gasteiger partial charge in [0.15, 0.2) is 5.16 Å². The molecule has 3 rings (SSSR count). The number of aryl methyl sites for hydroxylation is 1. The second-order valence-electron chi connectivity index (χ2n) is 6.63. The Morgan fingerprint density at radius 2 is 2.03 bits per heavy atom. The molecule has 30 heavy (non-hydrogen) atoms. The number of hydrogen-bond donors (Lipinski definition) is 2. The first-order valence-electron chi connectivity index (χ1n) is 9.34. The van der Waals surface area contributed by atoms with Gasteiger partial charge in [-0.05, 0) is 36.8 Å². The van der Waals surface area contributed by atoms with Crippen molar-refractivity contribution in [1.29, 1.82) is 0 Å². The van der Waals surface area contributed by atoms with Crippen LogP contribution in [0.15, 0.2) is 52.2 Å². The van der Waals surface area contributed by atoms with Gasteiger partial charge in [-0.1, -0.05) is 23.9 Å². The second-order valence-corrected chi connectivity index (χ2v) is 7.94. The second kappa shape index (κ2) is 10.1. The molecule has 0 radical (unpaired) electrons. The van der Waals surface area contributed by atoms with Crippen LogP contribution < -0.4 is 11.1 Å². The SMILES string of the molecule is CC(Sc1nnc(CCC(N)=O)n1Cc1ccco1)C(=O)NCc1ccc(F)cc1. The number of primary amides is 1. The lowest BCUT2D eigenvalue weighted by Gasteiger charge is -2.13. The van der Waals surface area contributed by atoms with Gasteiger partial charge in [0.25, 0.3) is 0 Å². The van der Waals surface area contributed by atoms with Crippen LogP contribution in [-0.2, 0) is 29.1 Å². The molecule has 3 aromatic rings. The monoisotopic (exact) mass is 431 g/mol. The average Bonchev–Trinajstić information content (AvgIpc) is 3.36. The molecule has 0 aliphatic carbocycles. The highest BCUT2D eigenvalue weighted by Gasteiger charge is 2.21. The molecule has 0 saturated heterocycles. The molecule has 2 amide bonds. The molecule has 10 heteroatoms. The van der Waals surface area contributed by atoms with Crippen LogP contribution in [0, 0.1) is 5.82 Å². The third-order valence-corrected chi connectivity index (χ3v) is 5.39. The van der Waals surface area contributed by atoms with Crippen molar-refractivity contribution in [3.8, 4) is 0 Å². The number of aromatic nitrogens is 3. The molecule has 1 aromatic carbocycles. The maximum absolute atomic E-state index is 13.0. The lowest BCUT2D eigenvalue weighted by molar-refractivity contribution is -0.120. The smallest absolute Gasteiger partial charge is 0.233 e. The summed E-state index contributed by atoms with van der Waals surface area (Å²) in [7, 11) is 0. The molecule has 2 aromatic heterocycles. The molecule has 0 aliphatic heterocycles. The largest absolute Gasteiger partial charge is 0.467 e. The van der Waals surface area contributed by atoms with E-state index in [-0.39, 0.29) is 18.1 Å². The van der Waals surface area contributed by atoms with E-state index in [4.69, 9.17) is 10.2 Å². The van der Waals surface area contributed by atoms with Gasteiger partial charge in [-0.25, -0.2) is 4.39 Å². The molecule has 0 saturated carbocycles. The van der Waals surface area contributed by atoms with Crippen LogP contribution in [0.4, 0.5) is 4.39 Å². The zero-order valence-electron chi connectivity index (χ0n) is 16.4. The maximum Gasteiger partial charge on any atom is 0.233 e. The number of nitrogens with zero attached hydrogens (tertiary/aromatic N) is 3. The fourth-order valence-corrected chi connectivity index (χ4v) is 3.58. The number of furan rings is 1. The Hall–Kier alpha value is -3.14. The summed E-state index contributed by atoms with van der Waals surface area (Å²) in [6.07, 6.45) is 2.06. The summed E-state index contributed by atoms with van der Waals surface area (Å²) in [4.78, 5) is 23.6. The predicted molar refractivity (Wildman–Crippen MR) is 109 cm³/mol. The zero-order chi connectivity index (χ0) is 21.5. The first-order valence-corrected chi connectivity index (χ1v) is 10.2.